The van der Waals surface area contributed by atoms with Crippen LogP contribution < -0.4 is 10.6 Å². The Balaban J connectivity index is 2.10. The number of amides is 1. The van der Waals surface area contributed by atoms with Gasteiger partial charge in [0.25, 0.3) is 5.91 Å². The zero-order chi connectivity index (χ0) is 19.3. The standard InChI is InChI=1S/C18H17F3N2O3/c1-22-15-7-4-12(9-16(24)25)8-14(15)17(26)23-10-11-2-5-13(6-3-11)18(19,20)21/h2-8,22H,9-10H2,1H3,(H,23,26)(H,24,25). The summed E-state index contributed by atoms with van der Waals surface area (Å²) >= 11 is 0. The van der Waals surface area contributed by atoms with Crippen molar-refractivity contribution in [1.82, 2.24) is 5.32 Å². The lowest BCUT2D eigenvalue weighted by atomic mass is 10.0. The summed E-state index contributed by atoms with van der Waals surface area (Å²) in [5.41, 5.74) is 1.00. The summed E-state index contributed by atoms with van der Waals surface area (Å²) in [7, 11) is 1.62. The molecule has 0 heterocycles. The maximum Gasteiger partial charge on any atom is 0.416 e. The molecular formula is C18H17F3N2O3. The number of halogens is 3. The molecule has 0 unspecified atom stereocenters. The maximum atomic E-state index is 12.5. The molecule has 26 heavy (non-hydrogen) atoms. The zero-order valence-corrected chi connectivity index (χ0v) is 13.9. The third-order valence-corrected chi connectivity index (χ3v) is 3.69. The number of nitrogens with one attached hydrogen (secondary N) is 2. The number of carbonyl (C=O) groups excluding carboxylic acids is 1. The van der Waals surface area contributed by atoms with Crippen LogP contribution in [0.25, 0.3) is 0 Å². The molecule has 1 amide bonds. The minimum atomic E-state index is -4.41. The van der Waals surface area contributed by atoms with Gasteiger partial charge in [0.05, 0.1) is 17.5 Å². The molecular weight excluding hydrogens is 349 g/mol. The van der Waals surface area contributed by atoms with Crippen molar-refractivity contribution in [3.8, 4) is 0 Å². The highest BCUT2D eigenvalue weighted by Gasteiger charge is 2.29. The first-order valence-corrected chi connectivity index (χ1v) is 7.67. The molecule has 3 N–H and O–H groups in total. The Morgan fingerprint density at radius 2 is 1.65 bits per heavy atom. The van der Waals surface area contributed by atoms with Crippen LogP contribution in [0.1, 0.15) is 27.0 Å². The van der Waals surface area contributed by atoms with Crippen LogP contribution in [0.2, 0.25) is 0 Å². The number of rotatable bonds is 6. The van der Waals surface area contributed by atoms with Crippen molar-refractivity contribution in [2.24, 2.45) is 0 Å². The van der Waals surface area contributed by atoms with Crippen molar-refractivity contribution in [1.29, 1.82) is 0 Å². The number of hydrogen-bond donors (Lipinski definition) is 3. The van der Waals surface area contributed by atoms with E-state index in [2.05, 4.69) is 10.6 Å². The molecule has 138 valence electrons. The van der Waals surface area contributed by atoms with Gasteiger partial charge in [0.1, 0.15) is 0 Å². The number of hydrogen-bond acceptors (Lipinski definition) is 3. The average Bonchev–Trinajstić information content (AvgIpc) is 2.58. The molecule has 0 saturated carbocycles. The van der Waals surface area contributed by atoms with Gasteiger partial charge in [-0.05, 0) is 35.4 Å². The molecule has 0 fully saturated rings. The Hall–Kier alpha value is -3.03. The van der Waals surface area contributed by atoms with E-state index in [1.165, 1.54) is 18.2 Å². The van der Waals surface area contributed by atoms with E-state index in [1.54, 1.807) is 19.2 Å². The Morgan fingerprint density at radius 3 is 2.19 bits per heavy atom. The molecule has 0 aliphatic carbocycles. The number of carboxylic acids is 1. The van der Waals surface area contributed by atoms with Crippen LogP contribution >= 0.6 is 0 Å². The summed E-state index contributed by atoms with van der Waals surface area (Å²) in [5.74, 6) is -1.47. The molecule has 0 aliphatic heterocycles. The molecule has 8 heteroatoms. The van der Waals surface area contributed by atoms with Crippen molar-refractivity contribution >= 4 is 17.6 Å². The summed E-state index contributed by atoms with van der Waals surface area (Å²) in [5, 5.41) is 14.3. The fourth-order valence-electron chi connectivity index (χ4n) is 2.37. The molecule has 2 rings (SSSR count). The quantitative estimate of drug-likeness (QED) is 0.733. The number of aliphatic carboxylic acids is 1. The Kier molecular flexibility index (Phi) is 5.86. The zero-order valence-electron chi connectivity index (χ0n) is 13.9. The minimum Gasteiger partial charge on any atom is -0.481 e. The van der Waals surface area contributed by atoms with Gasteiger partial charge in [0.15, 0.2) is 0 Å². The largest absolute Gasteiger partial charge is 0.481 e. The third-order valence-electron chi connectivity index (χ3n) is 3.69. The molecule has 0 radical (unpaired) electrons. The fourth-order valence-corrected chi connectivity index (χ4v) is 2.37. The number of carbonyl (C=O) groups is 2. The number of alkyl halides is 3. The lowest BCUT2D eigenvalue weighted by Crippen LogP contribution is -2.24. The van der Waals surface area contributed by atoms with Crippen LogP contribution in [0.4, 0.5) is 18.9 Å². The van der Waals surface area contributed by atoms with Crippen molar-refractivity contribution in [3.63, 3.8) is 0 Å². The van der Waals surface area contributed by atoms with Gasteiger partial charge >= 0.3 is 12.1 Å². The molecule has 0 aromatic heterocycles. The Labute approximate surface area is 147 Å². The van der Waals surface area contributed by atoms with Gasteiger partial charge in [-0.1, -0.05) is 18.2 Å². The summed E-state index contributed by atoms with van der Waals surface area (Å²) in [6.45, 7) is 0.0449. The van der Waals surface area contributed by atoms with Crippen molar-refractivity contribution < 1.29 is 27.9 Å². The first kappa shape index (κ1) is 19.3. The Bertz CT molecular complexity index is 802. The first-order valence-electron chi connectivity index (χ1n) is 7.67. The van der Waals surface area contributed by atoms with Gasteiger partial charge < -0.3 is 15.7 Å². The second-order valence-electron chi connectivity index (χ2n) is 5.58. The van der Waals surface area contributed by atoms with Gasteiger partial charge in [-0.3, -0.25) is 9.59 Å². The van der Waals surface area contributed by atoms with Crippen LogP contribution in [0.15, 0.2) is 42.5 Å². The molecule has 0 atom stereocenters. The molecule has 2 aromatic carbocycles. The van der Waals surface area contributed by atoms with E-state index < -0.39 is 23.6 Å². The predicted octanol–water partition coefficient (Wildman–Crippen LogP) is 3.30. The highest BCUT2D eigenvalue weighted by molar-refractivity contribution is 6.00. The molecule has 2 aromatic rings. The SMILES string of the molecule is CNc1ccc(CC(=O)O)cc1C(=O)NCc1ccc(C(F)(F)F)cc1. The van der Waals surface area contributed by atoms with Crippen LogP contribution in [-0.4, -0.2) is 24.0 Å². The number of benzene rings is 2. The van der Waals surface area contributed by atoms with Crippen LogP contribution in [0.5, 0.6) is 0 Å². The van der Waals surface area contributed by atoms with E-state index >= 15 is 0 Å². The van der Waals surface area contributed by atoms with E-state index in [9.17, 15) is 22.8 Å². The van der Waals surface area contributed by atoms with Crippen LogP contribution in [-0.2, 0) is 23.9 Å². The van der Waals surface area contributed by atoms with E-state index in [0.717, 1.165) is 12.1 Å². The summed E-state index contributed by atoms with van der Waals surface area (Å²) < 4.78 is 37.6. The highest BCUT2D eigenvalue weighted by atomic mass is 19.4. The number of anilines is 1. The lowest BCUT2D eigenvalue weighted by molar-refractivity contribution is -0.138. The van der Waals surface area contributed by atoms with E-state index in [-0.39, 0.29) is 18.5 Å². The summed E-state index contributed by atoms with van der Waals surface area (Å²) in [6.07, 6.45) is -4.63. The van der Waals surface area contributed by atoms with Crippen molar-refractivity contribution in [2.75, 3.05) is 12.4 Å². The fraction of sp³-hybridized carbons (Fsp3) is 0.222. The molecule has 0 bridgehead atoms. The highest BCUT2D eigenvalue weighted by Crippen LogP contribution is 2.29. The van der Waals surface area contributed by atoms with Crippen LogP contribution in [0, 0.1) is 0 Å². The topological polar surface area (TPSA) is 78.4 Å². The van der Waals surface area contributed by atoms with Crippen LogP contribution in [0.3, 0.4) is 0 Å². The lowest BCUT2D eigenvalue weighted by Gasteiger charge is -2.12. The van der Waals surface area contributed by atoms with Gasteiger partial charge in [-0.25, -0.2) is 0 Å². The van der Waals surface area contributed by atoms with E-state index in [0.29, 0.717) is 16.8 Å². The monoisotopic (exact) mass is 366 g/mol. The second-order valence-corrected chi connectivity index (χ2v) is 5.58. The van der Waals surface area contributed by atoms with Gasteiger partial charge in [-0.2, -0.15) is 13.2 Å². The molecule has 0 spiro atoms. The first-order chi connectivity index (χ1) is 12.2. The summed E-state index contributed by atoms with van der Waals surface area (Å²) in [4.78, 5) is 23.2. The average molecular weight is 366 g/mol. The van der Waals surface area contributed by atoms with E-state index in [4.69, 9.17) is 5.11 Å². The number of carboxylic acid groups (broad SMARTS) is 1. The third kappa shape index (κ3) is 4.98. The molecule has 0 saturated heterocycles. The van der Waals surface area contributed by atoms with Crippen molar-refractivity contribution in [2.45, 2.75) is 19.1 Å². The molecule has 5 nitrogen and oxygen atoms in total. The predicted molar refractivity (Wildman–Crippen MR) is 89.9 cm³/mol. The minimum absolute atomic E-state index is 0.0449. The smallest absolute Gasteiger partial charge is 0.416 e. The Morgan fingerprint density at radius 1 is 1.04 bits per heavy atom. The van der Waals surface area contributed by atoms with Gasteiger partial charge in [-0.15, -0.1) is 0 Å². The maximum absolute atomic E-state index is 12.5. The molecule has 0 aliphatic rings. The second kappa shape index (κ2) is 7.90. The summed E-state index contributed by atoms with van der Waals surface area (Å²) in [6, 6.07) is 9.17. The van der Waals surface area contributed by atoms with Gasteiger partial charge in [0, 0.05) is 19.3 Å². The van der Waals surface area contributed by atoms with E-state index in [1.807, 2.05) is 0 Å². The van der Waals surface area contributed by atoms with Gasteiger partial charge in [0.2, 0.25) is 0 Å². The van der Waals surface area contributed by atoms with Crippen molar-refractivity contribution in [3.05, 3.63) is 64.7 Å². The normalized spacial score (nSPS) is 11.1.